The number of hydrogen-bond acceptors (Lipinski definition) is 3. The first-order valence-corrected chi connectivity index (χ1v) is 7.58. The molecule has 0 saturated heterocycles. The molecular weight excluding hydrogens is 318 g/mol. The molecule has 0 unspecified atom stereocenters. The van der Waals surface area contributed by atoms with Crippen molar-refractivity contribution >= 4 is 17.6 Å². The highest BCUT2D eigenvalue weighted by molar-refractivity contribution is 6.08. The second-order valence-electron chi connectivity index (χ2n) is 5.40. The van der Waals surface area contributed by atoms with Crippen molar-refractivity contribution in [1.82, 2.24) is 0 Å². The summed E-state index contributed by atoms with van der Waals surface area (Å²) in [5.74, 6) is -2.16. The van der Waals surface area contributed by atoms with Crippen LogP contribution in [0.15, 0.2) is 72.8 Å². The van der Waals surface area contributed by atoms with Crippen molar-refractivity contribution in [3.05, 3.63) is 83.9 Å². The van der Waals surface area contributed by atoms with Gasteiger partial charge in [-0.1, -0.05) is 48.5 Å². The van der Waals surface area contributed by atoms with E-state index in [0.29, 0.717) is 5.56 Å². The minimum atomic E-state index is -1.31. The lowest BCUT2D eigenvalue weighted by atomic mass is 10.0. The van der Waals surface area contributed by atoms with E-state index in [0.717, 1.165) is 11.1 Å². The molecule has 3 N–H and O–H groups in total. The number of aromatic hydroxyl groups is 1. The van der Waals surface area contributed by atoms with E-state index in [4.69, 9.17) is 0 Å². The summed E-state index contributed by atoms with van der Waals surface area (Å²) in [7, 11) is 0. The Kier molecular flexibility index (Phi) is 4.48. The summed E-state index contributed by atoms with van der Waals surface area (Å²) in [6, 6.07) is 20.9. The molecule has 3 rings (SSSR count). The van der Waals surface area contributed by atoms with Gasteiger partial charge in [-0.15, -0.1) is 0 Å². The normalized spacial score (nSPS) is 10.2. The molecule has 0 spiro atoms. The van der Waals surface area contributed by atoms with Crippen LogP contribution in [0.5, 0.6) is 5.75 Å². The van der Waals surface area contributed by atoms with Gasteiger partial charge in [-0.25, -0.2) is 4.79 Å². The third-order valence-electron chi connectivity index (χ3n) is 3.76. The number of aromatic carboxylic acids is 1. The molecule has 124 valence electrons. The Bertz CT molecular complexity index is 918. The Morgan fingerprint density at radius 3 is 2.04 bits per heavy atom. The van der Waals surface area contributed by atoms with Gasteiger partial charge in [-0.2, -0.15) is 0 Å². The monoisotopic (exact) mass is 333 g/mol. The van der Waals surface area contributed by atoms with Gasteiger partial charge in [0.2, 0.25) is 0 Å². The van der Waals surface area contributed by atoms with E-state index >= 15 is 0 Å². The molecule has 0 heterocycles. The van der Waals surface area contributed by atoms with Crippen LogP contribution in [0.2, 0.25) is 0 Å². The molecule has 5 heteroatoms. The molecule has 0 radical (unpaired) electrons. The van der Waals surface area contributed by atoms with Gasteiger partial charge in [-0.05, 0) is 35.4 Å². The summed E-state index contributed by atoms with van der Waals surface area (Å²) >= 11 is 0. The molecule has 0 saturated carbocycles. The number of nitrogens with one attached hydrogen (secondary N) is 1. The lowest BCUT2D eigenvalue weighted by Gasteiger charge is -2.10. The van der Waals surface area contributed by atoms with Crippen LogP contribution in [0.1, 0.15) is 20.7 Å². The fourth-order valence-corrected chi connectivity index (χ4v) is 2.51. The molecule has 0 aliphatic heterocycles. The van der Waals surface area contributed by atoms with Gasteiger partial charge in [-0.3, -0.25) is 4.79 Å². The number of rotatable bonds is 4. The van der Waals surface area contributed by atoms with Crippen LogP contribution in [-0.4, -0.2) is 22.1 Å². The fourth-order valence-electron chi connectivity index (χ4n) is 2.51. The zero-order valence-corrected chi connectivity index (χ0v) is 13.1. The highest BCUT2D eigenvalue weighted by Gasteiger charge is 2.17. The number of carboxylic acid groups (broad SMARTS) is 1. The minimum Gasteiger partial charge on any atom is -0.507 e. The Morgan fingerprint density at radius 2 is 1.40 bits per heavy atom. The number of carbonyl (C=O) groups excluding carboxylic acids is 1. The third kappa shape index (κ3) is 3.50. The average Bonchev–Trinajstić information content (AvgIpc) is 2.62. The number of amides is 1. The second-order valence-corrected chi connectivity index (χ2v) is 5.40. The SMILES string of the molecule is O=C(Nc1cccc(O)c1C(=O)O)c1ccc(-c2ccccc2)cc1. The number of benzene rings is 3. The van der Waals surface area contributed by atoms with E-state index in [1.54, 1.807) is 12.1 Å². The molecule has 1 amide bonds. The highest BCUT2D eigenvalue weighted by Crippen LogP contribution is 2.26. The summed E-state index contributed by atoms with van der Waals surface area (Å²) in [5.41, 5.74) is 2.11. The van der Waals surface area contributed by atoms with E-state index in [-0.39, 0.29) is 11.3 Å². The molecule has 0 aromatic heterocycles. The first-order valence-electron chi connectivity index (χ1n) is 7.58. The third-order valence-corrected chi connectivity index (χ3v) is 3.76. The summed E-state index contributed by atoms with van der Waals surface area (Å²) < 4.78 is 0. The first-order chi connectivity index (χ1) is 12.1. The molecule has 0 aliphatic rings. The molecular formula is C20H15NO4. The van der Waals surface area contributed by atoms with Crippen LogP contribution in [-0.2, 0) is 0 Å². The number of carbonyl (C=O) groups is 2. The average molecular weight is 333 g/mol. The first kappa shape index (κ1) is 16.3. The summed E-state index contributed by atoms with van der Waals surface area (Å²) in [5, 5.41) is 21.4. The van der Waals surface area contributed by atoms with E-state index < -0.39 is 17.6 Å². The smallest absolute Gasteiger partial charge is 0.341 e. The van der Waals surface area contributed by atoms with Crippen LogP contribution >= 0.6 is 0 Å². The van der Waals surface area contributed by atoms with Gasteiger partial charge in [0.25, 0.3) is 5.91 Å². The van der Waals surface area contributed by atoms with Crippen molar-refractivity contribution in [2.24, 2.45) is 0 Å². The molecule has 0 aliphatic carbocycles. The van der Waals surface area contributed by atoms with Crippen molar-refractivity contribution in [1.29, 1.82) is 0 Å². The maximum absolute atomic E-state index is 12.4. The van der Waals surface area contributed by atoms with Gasteiger partial charge >= 0.3 is 5.97 Å². The van der Waals surface area contributed by atoms with Gasteiger partial charge < -0.3 is 15.5 Å². The van der Waals surface area contributed by atoms with Gasteiger partial charge in [0.15, 0.2) is 0 Å². The predicted octanol–water partition coefficient (Wildman–Crippen LogP) is 4.01. The van der Waals surface area contributed by atoms with Crippen molar-refractivity contribution < 1.29 is 19.8 Å². The number of anilines is 1. The quantitative estimate of drug-likeness (QED) is 0.673. The molecule has 0 atom stereocenters. The second kappa shape index (κ2) is 6.88. The minimum absolute atomic E-state index is 0.0460. The van der Waals surface area contributed by atoms with Crippen molar-refractivity contribution in [3.8, 4) is 16.9 Å². The van der Waals surface area contributed by atoms with Gasteiger partial charge in [0.05, 0.1) is 5.69 Å². The van der Waals surface area contributed by atoms with E-state index in [1.165, 1.54) is 18.2 Å². The Morgan fingerprint density at radius 1 is 0.760 bits per heavy atom. The number of carboxylic acids is 1. The Hall–Kier alpha value is -3.60. The van der Waals surface area contributed by atoms with Crippen molar-refractivity contribution in [3.63, 3.8) is 0 Å². The lowest BCUT2D eigenvalue weighted by molar-refractivity contribution is 0.0695. The van der Waals surface area contributed by atoms with Crippen molar-refractivity contribution in [2.75, 3.05) is 5.32 Å². The Balaban J connectivity index is 1.83. The van der Waals surface area contributed by atoms with Crippen molar-refractivity contribution in [2.45, 2.75) is 0 Å². The standard InChI is InChI=1S/C20H15NO4/c22-17-8-4-7-16(18(17)20(24)25)21-19(23)15-11-9-14(10-12-15)13-5-2-1-3-6-13/h1-12,22H,(H,21,23)(H,24,25). The zero-order chi connectivity index (χ0) is 17.8. The van der Waals surface area contributed by atoms with Crippen LogP contribution in [0.25, 0.3) is 11.1 Å². The van der Waals surface area contributed by atoms with Crippen LogP contribution in [0, 0.1) is 0 Å². The summed E-state index contributed by atoms with van der Waals surface area (Å²) in [6.45, 7) is 0. The summed E-state index contributed by atoms with van der Waals surface area (Å²) in [6.07, 6.45) is 0. The van der Waals surface area contributed by atoms with Gasteiger partial charge in [0.1, 0.15) is 11.3 Å². The zero-order valence-electron chi connectivity index (χ0n) is 13.1. The van der Waals surface area contributed by atoms with Crippen LogP contribution < -0.4 is 5.32 Å². The molecule has 0 bridgehead atoms. The van der Waals surface area contributed by atoms with E-state index in [2.05, 4.69) is 5.32 Å². The summed E-state index contributed by atoms with van der Waals surface area (Å²) in [4.78, 5) is 23.6. The largest absolute Gasteiger partial charge is 0.507 e. The topological polar surface area (TPSA) is 86.6 Å². The van der Waals surface area contributed by atoms with E-state index in [9.17, 15) is 19.8 Å². The van der Waals surface area contributed by atoms with Gasteiger partial charge in [0, 0.05) is 5.56 Å². The van der Waals surface area contributed by atoms with Crippen LogP contribution in [0.4, 0.5) is 5.69 Å². The van der Waals surface area contributed by atoms with E-state index in [1.807, 2.05) is 42.5 Å². The highest BCUT2D eigenvalue weighted by atomic mass is 16.4. The number of phenols is 1. The fraction of sp³-hybridized carbons (Fsp3) is 0. The molecule has 25 heavy (non-hydrogen) atoms. The number of hydrogen-bond donors (Lipinski definition) is 3. The maximum Gasteiger partial charge on any atom is 0.341 e. The molecule has 3 aromatic carbocycles. The molecule has 5 nitrogen and oxygen atoms in total. The molecule has 0 fully saturated rings. The lowest BCUT2D eigenvalue weighted by Crippen LogP contribution is -2.14. The predicted molar refractivity (Wildman–Crippen MR) is 94.9 cm³/mol. The van der Waals surface area contributed by atoms with Crippen LogP contribution in [0.3, 0.4) is 0 Å². The molecule has 3 aromatic rings. The Labute approximate surface area is 144 Å². The maximum atomic E-state index is 12.4.